The minimum absolute atomic E-state index is 0.125. The van der Waals surface area contributed by atoms with E-state index in [4.69, 9.17) is 16.3 Å². The van der Waals surface area contributed by atoms with Gasteiger partial charge < -0.3 is 4.74 Å². The lowest BCUT2D eigenvalue weighted by Crippen LogP contribution is -2.14. The first-order valence-corrected chi connectivity index (χ1v) is 5.92. The van der Waals surface area contributed by atoms with Crippen molar-refractivity contribution in [2.45, 2.75) is 25.0 Å². The normalized spacial score (nSPS) is 10.5. The minimum atomic E-state index is -0.486. The van der Waals surface area contributed by atoms with Gasteiger partial charge in [0.15, 0.2) is 0 Å². The molecule has 0 unspecified atom stereocenters. The number of aromatic nitrogens is 2. The van der Waals surface area contributed by atoms with Gasteiger partial charge >= 0.3 is 5.97 Å². The Labute approximate surface area is 97.4 Å². The average Bonchev–Trinajstić information content (AvgIpc) is 2.15. The Balaban J connectivity index is 3.06. The van der Waals surface area contributed by atoms with Crippen LogP contribution in [0.2, 0.25) is 5.15 Å². The van der Waals surface area contributed by atoms with E-state index in [0.717, 1.165) is 0 Å². The van der Waals surface area contributed by atoms with Crippen LogP contribution < -0.4 is 0 Å². The molecule has 0 fully saturated rings. The Hall–Kier alpha value is -0.810. The topological polar surface area (TPSA) is 52.1 Å². The number of nitrogens with zero attached hydrogens (tertiary/aromatic N) is 2. The van der Waals surface area contributed by atoms with Gasteiger partial charge in [0, 0.05) is 0 Å². The fourth-order valence-electron chi connectivity index (χ4n) is 0.949. The van der Waals surface area contributed by atoms with Gasteiger partial charge in [0.2, 0.25) is 0 Å². The molecule has 0 radical (unpaired) electrons. The Morgan fingerprint density at radius 3 is 2.73 bits per heavy atom. The van der Waals surface area contributed by atoms with Crippen LogP contribution in [0.15, 0.2) is 11.4 Å². The number of hydrogen-bond acceptors (Lipinski definition) is 5. The predicted octanol–water partition coefficient (Wildman–Crippen LogP) is 2.42. The molecule has 0 saturated heterocycles. The molecule has 82 valence electrons. The van der Waals surface area contributed by atoms with Gasteiger partial charge in [0.1, 0.15) is 22.1 Å². The van der Waals surface area contributed by atoms with E-state index in [1.807, 2.05) is 6.26 Å². The number of ether oxygens (including phenoxy) is 1. The third-order valence-electron chi connectivity index (χ3n) is 1.51. The van der Waals surface area contributed by atoms with E-state index in [1.165, 1.54) is 18.1 Å². The number of halogens is 1. The molecule has 1 heterocycles. The summed E-state index contributed by atoms with van der Waals surface area (Å²) in [5.74, 6) is -0.486. The van der Waals surface area contributed by atoms with Gasteiger partial charge in [0.25, 0.3) is 0 Å². The molecule has 0 aliphatic heterocycles. The highest BCUT2D eigenvalue weighted by molar-refractivity contribution is 7.98. The number of carbonyl (C=O) groups is 1. The molecule has 1 rings (SSSR count). The number of esters is 1. The van der Waals surface area contributed by atoms with E-state index in [9.17, 15) is 4.79 Å². The molecule has 0 aromatic carbocycles. The molecule has 0 aliphatic rings. The van der Waals surface area contributed by atoms with E-state index >= 15 is 0 Å². The second kappa shape index (κ2) is 5.32. The molecule has 6 heteroatoms. The van der Waals surface area contributed by atoms with Crippen molar-refractivity contribution in [2.75, 3.05) is 6.26 Å². The van der Waals surface area contributed by atoms with Crippen LogP contribution in [-0.4, -0.2) is 28.3 Å². The second-order valence-electron chi connectivity index (χ2n) is 3.00. The summed E-state index contributed by atoms with van der Waals surface area (Å²) in [6.45, 7) is 3.54. The Morgan fingerprint density at radius 1 is 1.53 bits per heavy atom. The van der Waals surface area contributed by atoms with Crippen LogP contribution in [0, 0.1) is 0 Å². The molecule has 1 aromatic rings. The maximum Gasteiger partial charge on any atom is 0.344 e. The number of thioether (sulfide) groups is 1. The van der Waals surface area contributed by atoms with Gasteiger partial charge in [-0.15, -0.1) is 11.8 Å². The van der Waals surface area contributed by atoms with Crippen LogP contribution >= 0.6 is 23.4 Å². The third-order valence-corrected chi connectivity index (χ3v) is 2.49. The Morgan fingerprint density at radius 2 is 2.20 bits per heavy atom. The van der Waals surface area contributed by atoms with Crippen LogP contribution in [0.3, 0.4) is 0 Å². The number of hydrogen-bond donors (Lipinski definition) is 0. The highest BCUT2D eigenvalue weighted by Crippen LogP contribution is 2.23. The van der Waals surface area contributed by atoms with Crippen LogP contribution in [0.25, 0.3) is 0 Å². The van der Waals surface area contributed by atoms with E-state index in [-0.39, 0.29) is 16.8 Å². The first-order chi connectivity index (χ1) is 7.06. The lowest BCUT2D eigenvalue weighted by atomic mass is 10.3. The molecule has 0 bridgehead atoms. The second-order valence-corrected chi connectivity index (χ2v) is 4.16. The van der Waals surface area contributed by atoms with Crippen molar-refractivity contribution in [2.24, 2.45) is 0 Å². The minimum Gasteiger partial charge on any atom is -0.459 e. The highest BCUT2D eigenvalue weighted by atomic mass is 35.5. The quantitative estimate of drug-likeness (QED) is 0.466. The van der Waals surface area contributed by atoms with Crippen molar-refractivity contribution in [3.63, 3.8) is 0 Å². The lowest BCUT2D eigenvalue weighted by molar-refractivity contribution is 0.0372. The molecular weight excluding hydrogens is 236 g/mol. The van der Waals surface area contributed by atoms with Crippen molar-refractivity contribution in [3.8, 4) is 0 Å². The molecule has 0 N–H and O–H groups in total. The van der Waals surface area contributed by atoms with Crippen molar-refractivity contribution in [3.05, 3.63) is 17.0 Å². The van der Waals surface area contributed by atoms with E-state index < -0.39 is 5.97 Å². The monoisotopic (exact) mass is 246 g/mol. The summed E-state index contributed by atoms with van der Waals surface area (Å²) >= 11 is 7.15. The van der Waals surface area contributed by atoms with Crippen LogP contribution in [0.4, 0.5) is 0 Å². The molecule has 15 heavy (non-hydrogen) atoms. The standard InChI is InChI=1S/C9H11ClN2O2S/c1-5(2)14-9(13)6-7(10)11-4-12-8(6)15-3/h4-5H,1-3H3. The predicted molar refractivity (Wildman–Crippen MR) is 59.4 cm³/mol. The van der Waals surface area contributed by atoms with Gasteiger partial charge in [-0.05, 0) is 20.1 Å². The van der Waals surface area contributed by atoms with Crippen molar-refractivity contribution >= 4 is 29.3 Å². The number of rotatable bonds is 3. The molecule has 1 aromatic heterocycles. The SMILES string of the molecule is CSc1ncnc(Cl)c1C(=O)OC(C)C. The summed E-state index contributed by atoms with van der Waals surface area (Å²) in [6, 6.07) is 0. The molecular formula is C9H11ClN2O2S. The van der Waals surface area contributed by atoms with E-state index in [0.29, 0.717) is 5.03 Å². The average molecular weight is 247 g/mol. The molecule has 0 atom stereocenters. The number of carbonyl (C=O) groups excluding carboxylic acids is 1. The summed E-state index contributed by atoms with van der Waals surface area (Å²) in [7, 11) is 0. The third kappa shape index (κ3) is 3.07. The van der Waals surface area contributed by atoms with Crippen LogP contribution in [0.5, 0.6) is 0 Å². The van der Waals surface area contributed by atoms with Crippen molar-refractivity contribution < 1.29 is 9.53 Å². The first kappa shape index (κ1) is 12.3. The molecule has 4 nitrogen and oxygen atoms in total. The summed E-state index contributed by atoms with van der Waals surface area (Å²) in [6.07, 6.45) is 2.94. The smallest absolute Gasteiger partial charge is 0.344 e. The van der Waals surface area contributed by atoms with Gasteiger partial charge in [-0.2, -0.15) is 0 Å². The van der Waals surface area contributed by atoms with Gasteiger partial charge in [-0.25, -0.2) is 14.8 Å². The Kier molecular flexibility index (Phi) is 4.35. The summed E-state index contributed by atoms with van der Waals surface area (Å²) in [5.41, 5.74) is 0.236. The summed E-state index contributed by atoms with van der Waals surface area (Å²) in [4.78, 5) is 19.4. The fraction of sp³-hybridized carbons (Fsp3) is 0.444. The highest BCUT2D eigenvalue weighted by Gasteiger charge is 2.19. The van der Waals surface area contributed by atoms with E-state index in [1.54, 1.807) is 13.8 Å². The molecule has 0 saturated carbocycles. The molecule has 0 aliphatic carbocycles. The maximum absolute atomic E-state index is 11.7. The fourth-order valence-corrected chi connectivity index (χ4v) is 1.75. The van der Waals surface area contributed by atoms with Crippen LogP contribution in [-0.2, 0) is 4.74 Å². The van der Waals surface area contributed by atoms with Crippen LogP contribution in [0.1, 0.15) is 24.2 Å². The molecule has 0 spiro atoms. The van der Waals surface area contributed by atoms with E-state index in [2.05, 4.69) is 9.97 Å². The zero-order chi connectivity index (χ0) is 11.4. The largest absolute Gasteiger partial charge is 0.459 e. The zero-order valence-corrected chi connectivity index (χ0v) is 10.2. The zero-order valence-electron chi connectivity index (χ0n) is 8.65. The van der Waals surface area contributed by atoms with Crippen molar-refractivity contribution in [1.82, 2.24) is 9.97 Å². The van der Waals surface area contributed by atoms with Gasteiger partial charge in [-0.1, -0.05) is 11.6 Å². The summed E-state index contributed by atoms with van der Waals surface area (Å²) < 4.78 is 5.04. The summed E-state index contributed by atoms with van der Waals surface area (Å²) in [5, 5.41) is 0.653. The van der Waals surface area contributed by atoms with Crippen molar-refractivity contribution in [1.29, 1.82) is 0 Å². The molecule has 0 amide bonds. The van der Waals surface area contributed by atoms with Gasteiger partial charge in [-0.3, -0.25) is 0 Å². The van der Waals surface area contributed by atoms with Gasteiger partial charge in [0.05, 0.1) is 6.10 Å². The Bertz CT molecular complexity index is 371. The maximum atomic E-state index is 11.7. The first-order valence-electron chi connectivity index (χ1n) is 4.31. The lowest BCUT2D eigenvalue weighted by Gasteiger charge is -2.10.